The van der Waals surface area contributed by atoms with Crippen LogP contribution in [0.2, 0.25) is 15.1 Å². The van der Waals surface area contributed by atoms with Gasteiger partial charge in [0.1, 0.15) is 11.4 Å². The molecule has 0 atom stereocenters. The maximum atomic E-state index is 12.4. The summed E-state index contributed by atoms with van der Waals surface area (Å²) in [5, 5.41) is 9.92. The first kappa shape index (κ1) is 32.1. The molecule has 0 bridgehead atoms. The Morgan fingerprint density at radius 3 is 1.60 bits per heavy atom. The second kappa shape index (κ2) is 12.5. The predicted octanol–water partition coefficient (Wildman–Crippen LogP) is 8.75. The summed E-state index contributed by atoms with van der Waals surface area (Å²) >= 11 is 18.9. The average molecular weight is 699 g/mol. The monoisotopic (exact) mass is 697 g/mol. The maximum absolute atomic E-state index is 12.4. The van der Waals surface area contributed by atoms with Gasteiger partial charge in [-0.15, -0.1) is 0 Å². The van der Waals surface area contributed by atoms with Gasteiger partial charge in [0.2, 0.25) is 0 Å². The lowest BCUT2D eigenvalue weighted by Crippen LogP contribution is -2.35. The zero-order chi connectivity index (χ0) is 33.9. The molecule has 0 saturated carbocycles. The van der Waals surface area contributed by atoms with E-state index in [0.29, 0.717) is 28.2 Å². The number of aromatic nitrogens is 2. The Kier molecular flexibility index (Phi) is 8.40. The van der Waals surface area contributed by atoms with Gasteiger partial charge in [-0.25, -0.2) is 0 Å². The van der Waals surface area contributed by atoms with E-state index in [9.17, 15) is 9.59 Å². The molecule has 6 aromatic rings. The Balaban J connectivity index is 0.000000152. The van der Waals surface area contributed by atoms with E-state index in [4.69, 9.17) is 34.8 Å². The van der Waals surface area contributed by atoms with Crippen LogP contribution in [0.25, 0.3) is 44.1 Å². The van der Waals surface area contributed by atoms with Crippen LogP contribution in [0.15, 0.2) is 72.8 Å². The molecule has 0 unspecified atom stereocenters. The third-order valence-electron chi connectivity index (χ3n) is 9.25. The minimum Gasteiger partial charge on any atom is -0.378 e. The summed E-state index contributed by atoms with van der Waals surface area (Å²) in [5.41, 5.74) is 10.9. The van der Waals surface area contributed by atoms with Crippen molar-refractivity contribution in [3.63, 3.8) is 0 Å². The quantitative estimate of drug-likeness (QED) is 0.194. The third-order valence-corrected chi connectivity index (χ3v) is 9.92. The highest BCUT2D eigenvalue weighted by molar-refractivity contribution is 6.33. The van der Waals surface area contributed by atoms with Crippen molar-refractivity contribution >= 4 is 74.1 Å². The Morgan fingerprint density at radius 2 is 1.12 bits per heavy atom. The molecule has 2 aliphatic heterocycles. The standard InChI is InChI=1S/C20H20ClN3O.C18H14Cl2N2O/c1-12-16-10-14(21)11-17(13-4-6-15(7-5-13)23(2)3)19(16)24-9-8-22-20(25)18(12)24;1-10-14-8-13(20)9-15(11-3-2-4-12(19)7-11)17(14)22-6-5-21-18(23)16(10)22/h4-7,10-11H,8-9H2,1-3H3,(H,22,25);2-4,7-9H,5-6H2,1H3,(H,21,23). The number of nitrogens with zero attached hydrogens (tertiary/aromatic N) is 3. The molecule has 0 fully saturated rings. The SMILES string of the molecule is Cc1c2n(c3c(-c4ccc(N(C)C)cc4)cc(Cl)cc13)CCNC2=O.Cc1c2n(c3c(-c4cccc(Cl)c4)cc(Cl)cc13)CCNC2=O. The molecule has 48 heavy (non-hydrogen) atoms. The first-order valence-electron chi connectivity index (χ1n) is 15.8. The minimum absolute atomic E-state index is 0.00928. The molecule has 0 radical (unpaired) electrons. The fourth-order valence-electron chi connectivity index (χ4n) is 7.03. The molecule has 2 aliphatic rings. The number of hydrogen-bond donors (Lipinski definition) is 2. The first-order valence-corrected chi connectivity index (χ1v) is 16.9. The molecule has 7 nitrogen and oxygen atoms in total. The fourth-order valence-corrected chi connectivity index (χ4v) is 7.66. The van der Waals surface area contributed by atoms with Crippen molar-refractivity contribution in [2.75, 3.05) is 32.1 Å². The van der Waals surface area contributed by atoms with Crippen LogP contribution in [-0.4, -0.2) is 48.1 Å². The van der Waals surface area contributed by atoms with Crippen LogP contribution in [0.5, 0.6) is 0 Å². The molecule has 2 amide bonds. The van der Waals surface area contributed by atoms with E-state index in [0.717, 1.165) is 85.4 Å². The smallest absolute Gasteiger partial charge is 0.268 e. The number of aryl methyl sites for hydroxylation is 2. The highest BCUT2D eigenvalue weighted by Crippen LogP contribution is 2.39. The van der Waals surface area contributed by atoms with Crippen molar-refractivity contribution in [1.82, 2.24) is 19.8 Å². The number of carbonyl (C=O) groups excluding carboxylic acids is 2. The number of nitrogens with one attached hydrogen (secondary N) is 2. The summed E-state index contributed by atoms with van der Waals surface area (Å²) in [4.78, 5) is 26.7. The molecule has 10 heteroatoms. The van der Waals surface area contributed by atoms with E-state index in [1.165, 1.54) is 0 Å². The number of anilines is 1. The van der Waals surface area contributed by atoms with Crippen molar-refractivity contribution in [1.29, 1.82) is 0 Å². The van der Waals surface area contributed by atoms with Crippen molar-refractivity contribution < 1.29 is 9.59 Å². The highest BCUT2D eigenvalue weighted by atomic mass is 35.5. The molecule has 0 aliphatic carbocycles. The molecule has 2 N–H and O–H groups in total. The van der Waals surface area contributed by atoms with Crippen molar-refractivity contribution in [2.45, 2.75) is 26.9 Å². The third kappa shape index (κ3) is 5.50. The molecule has 4 heterocycles. The lowest BCUT2D eigenvalue weighted by molar-refractivity contribution is 0.0920. The van der Waals surface area contributed by atoms with Crippen molar-refractivity contribution in [3.8, 4) is 22.3 Å². The Morgan fingerprint density at radius 1 is 0.625 bits per heavy atom. The summed E-state index contributed by atoms with van der Waals surface area (Å²) in [6.07, 6.45) is 0. The van der Waals surface area contributed by atoms with E-state index in [-0.39, 0.29) is 11.8 Å². The summed E-state index contributed by atoms with van der Waals surface area (Å²) in [6.45, 7) is 6.77. The summed E-state index contributed by atoms with van der Waals surface area (Å²) in [7, 11) is 4.05. The van der Waals surface area contributed by atoms with Crippen LogP contribution in [0.1, 0.15) is 32.1 Å². The molecule has 4 aromatic carbocycles. The average Bonchev–Trinajstić information content (AvgIpc) is 3.52. The van der Waals surface area contributed by atoms with Gasteiger partial charge in [-0.05, 0) is 84.6 Å². The molecule has 8 rings (SSSR count). The minimum atomic E-state index is -0.0295. The lowest BCUT2D eigenvalue weighted by atomic mass is 10.0. The van der Waals surface area contributed by atoms with Gasteiger partial charge >= 0.3 is 0 Å². The number of halogens is 3. The Bertz CT molecular complexity index is 2270. The van der Waals surface area contributed by atoms with Crippen LogP contribution in [-0.2, 0) is 13.1 Å². The molecule has 0 saturated heterocycles. The van der Waals surface area contributed by atoms with Gasteiger partial charge in [0.25, 0.3) is 11.8 Å². The van der Waals surface area contributed by atoms with Gasteiger partial charge in [0.05, 0.1) is 11.0 Å². The normalized spacial score (nSPS) is 13.8. The molecular formula is C38H34Cl3N5O2. The van der Waals surface area contributed by atoms with Crippen molar-refractivity contribution in [3.05, 3.63) is 110 Å². The van der Waals surface area contributed by atoms with Crippen LogP contribution in [0.3, 0.4) is 0 Å². The second-order valence-electron chi connectivity index (χ2n) is 12.4. The Labute approximate surface area is 294 Å². The number of benzene rings is 4. The van der Waals surface area contributed by atoms with Crippen LogP contribution in [0, 0.1) is 13.8 Å². The van der Waals surface area contributed by atoms with E-state index in [2.05, 4.69) is 48.9 Å². The van der Waals surface area contributed by atoms with Crippen LogP contribution < -0.4 is 15.5 Å². The maximum Gasteiger partial charge on any atom is 0.268 e. The van der Waals surface area contributed by atoms with Gasteiger partial charge in [-0.1, -0.05) is 59.1 Å². The van der Waals surface area contributed by atoms with Crippen LogP contribution in [0.4, 0.5) is 5.69 Å². The summed E-state index contributed by atoms with van der Waals surface area (Å²) in [5.74, 6) is -0.0388. The van der Waals surface area contributed by atoms with Gasteiger partial charge < -0.3 is 24.7 Å². The summed E-state index contributed by atoms with van der Waals surface area (Å²) in [6, 6.07) is 23.9. The zero-order valence-electron chi connectivity index (χ0n) is 27.0. The number of carbonyl (C=O) groups is 2. The van der Waals surface area contributed by atoms with Crippen molar-refractivity contribution in [2.24, 2.45) is 0 Å². The highest BCUT2D eigenvalue weighted by Gasteiger charge is 2.27. The summed E-state index contributed by atoms with van der Waals surface area (Å²) < 4.78 is 4.23. The predicted molar refractivity (Wildman–Crippen MR) is 198 cm³/mol. The van der Waals surface area contributed by atoms with E-state index in [1.54, 1.807) is 0 Å². The van der Waals surface area contributed by atoms with E-state index >= 15 is 0 Å². The number of amides is 2. The Hall–Kier alpha value is -4.43. The second-order valence-corrected chi connectivity index (χ2v) is 13.7. The lowest BCUT2D eigenvalue weighted by Gasteiger charge is -2.19. The van der Waals surface area contributed by atoms with Gasteiger partial charge in [-0.3, -0.25) is 9.59 Å². The van der Waals surface area contributed by atoms with Gasteiger partial charge in [0.15, 0.2) is 0 Å². The largest absolute Gasteiger partial charge is 0.378 e. The molecule has 244 valence electrons. The van der Waals surface area contributed by atoms with E-state index in [1.807, 2.05) is 76.5 Å². The number of hydrogen-bond acceptors (Lipinski definition) is 3. The number of rotatable bonds is 3. The van der Waals surface area contributed by atoms with Gasteiger partial charge in [0, 0.05) is 82.9 Å². The molecule has 2 aromatic heterocycles. The van der Waals surface area contributed by atoms with Crippen LogP contribution >= 0.6 is 34.8 Å². The zero-order valence-corrected chi connectivity index (χ0v) is 29.3. The van der Waals surface area contributed by atoms with E-state index < -0.39 is 0 Å². The van der Waals surface area contributed by atoms with Gasteiger partial charge in [-0.2, -0.15) is 0 Å². The first-order chi connectivity index (χ1) is 23.0. The molecular weight excluding hydrogens is 665 g/mol. The molecule has 0 spiro atoms. The fraction of sp³-hybridized carbons (Fsp3) is 0.211. The number of fused-ring (bicyclic) bond motifs is 6. The topological polar surface area (TPSA) is 71.3 Å².